The Balaban J connectivity index is 2.27. The molecule has 15 heavy (non-hydrogen) atoms. The fourth-order valence-electron chi connectivity index (χ4n) is 1.58. The number of carbonyl (C=O) groups is 2. The summed E-state index contributed by atoms with van der Waals surface area (Å²) in [6.07, 6.45) is 0.506. The molecule has 78 valence electrons. The van der Waals surface area contributed by atoms with Crippen LogP contribution in [-0.4, -0.2) is 12.1 Å². The maximum Gasteiger partial charge on any atom is 0.184 e. The van der Waals surface area contributed by atoms with Gasteiger partial charge in [-0.15, -0.1) is 0 Å². The van der Waals surface area contributed by atoms with Crippen molar-refractivity contribution in [1.82, 2.24) is 0 Å². The first kappa shape index (κ1) is 10.0. The van der Waals surface area contributed by atoms with Crippen LogP contribution in [0.1, 0.15) is 34.9 Å². The summed E-state index contributed by atoms with van der Waals surface area (Å²) in [5, 5.41) is 0. The lowest BCUT2D eigenvalue weighted by molar-refractivity contribution is -0.125. The first-order valence-electron chi connectivity index (χ1n) is 4.96. The second-order valence-corrected chi connectivity index (χ2v) is 3.79. The summed E-state index contributed by atoms with van der Waals surface area (Å²) in [4.78, 5) is 22.1. The second kappa shape index (κ2) is 3.93. The first-order valence-corrected chi connectivity index (χ1v) is 4.96. The van der Waals surface area contributed by atoms with Gasteiger partial charge in [0.05, 0.1) is 0 Å². The minimum Gasteiger partial charge on any atom is -0.298 e. The van der Waals surface area contributed by atoms with E-state index in [2.05, 4.69) is 0 Å². The SMILES string of the molecule is O=Cc1ccccc1C(F)C(=O)C1CC1. The Morgan fingerprint density at radius 2 is 2.07 bits per heavy atom. The number of alkyl halides is 1. The minimum atomic E-state index is -1.64. The molecular formula is C12H11FO2. The Kier molecular flexibility index (Phi) is 2.62. The second-order valence-electron chi connectivity index (χ2n) is 3.79. The zero-order valence-corrected chi connectivity index (χ0v) is 8.15. The van der Waals surface area contributed by atoms with E-state index in [1.54, 1.807) is 12.1 Å². The molecule has 0 spiro atoms. The number of aldehydes is 1. The van der Waals surface area contributed by atoms with Crippen molar-refractivity contribution in [3.63, 3.8) is 0 Å². The van der Waals surface area contributed by atoms with Crippen LogP contribution in [0.5, 0.6) is 0 Å². The number of hydrogen-bond acceptors (Lipinski definition) is 2. The number of carbonyl (C=O) groups excluding carboxylic acids is 2. The summed E-state index contributed by atoms with van der Waals surface area (Å²) in [5.41, 5.74) is 0.461. The summed E-state index contributed by atoms with van der Waals surface area (Å²) in [7, 11) is 0. The Hall–Kier alpha value is -1.51. The minimum absolute atomic E-state index is 0.125. The third-order valence-corrected chi connectivity index (χ3v) is 2.63. The van der Waals surface area contributed by atoms with Gasteiger partial charge in [-0.25, -0.2) is 4.39 Å². The summed E-state index contributed by atoms with van der Waals surface area (Å²) < 4.78 is 13.8. The van der Waals surface area contributed by atoms with Crippen LogP contribution in [0.25, 0.3) is 0 Å². The molecule has 1 saturated carbocycles. The van der Waals surface area contributed by atoms with Crippen LogP contribution in [0.3, 0.4) is 0 Å². The number of halogens is 1. The molecule has 1 atom stereocenters. The van der Waals surface area contributed by atoms with Gasteiger partial charge in [0.1, 0.15) is 6.29 Å². The molecule has 0 N–H and O–H groups in total. The molecule has 0 aromatic heterocycles. The van der Waals surface area contributed by atoms with Crippen molar-refractivity contribution in [3.8, 4) is 0 Å². The lowest BCUT2D eigenvalue weighted by Crippen LogP contribution is -2.11. The Morgan fingerprint density at radius 3 is 2.67 bits per heavy atom. The lowest BCUT2D eigenvalue weighted by atomic mass is 9.99. The molecule has 1 aromatic rings. The fraction of sp³-hybridized carbons (Fsp3) is 0.333. The highest BCUT2D eigenvalue weighted by atomic mass is 19.1. The van der Waals surface area contributed by atoms with E-state index >= 15 is 0 Å². The summed E-state index contributed by atoms with van der Waals surface area (Å²) in [6.45, 7) is 0. The van der Waals surface area contributed by atoms with E-state index in [0.717, 1.165) is 12.8 Å². The maximum absolute atomic E-state index is 13.8. The molecule has 0 amide bonds. The number of Topliss-reactive ketones (excluding diaryl/α,β-unsaturated/α-hetero) is 1. The molecular weight excluding hydrogens is 195 g/mol. The molecule has 0 heterocycles. The predicted molar refractivity (Wildman–Crippen MR) is 53.4 cm³/mol. The van der Waals surface area contributed by atoms with Gasteiger partial charge in [0.2, 0.25) is 0 Å². The Labute approximate surface area is 87.1 Å². The maximum atomic E-state index is 13.8. The quantitative estimate of drug-likeness (QED) is 0.709. The molecule has 1 aromatic carbocycles. The third kappa shape index (κ3) is 1.96. The lowest BCUT2D eigenvalue weighted by Gasteiger charge is -2.08. The van der Waals surface area contributed by atoms with Gasteiger partial charge in [-0.3, -0.25) is 9.59 Å². The normalized spacial score (nSPS) is 17.1. The highest BCUT2D eigenvalue weighted by molar-refractivity contribution is 5.91. The summed E-state index contributed by atoms with van der Waals surface area (Å²) >= 11 is 0. The van der Waals surface area contributed by atoms with Gasteiger partial charge < -0.3 is 0 Å². The molecule has 2 rings (SSSR count). The number of rotatable bonds is 4. The van der Waals surface area contributed by atoms with E-state index in [0.29, 0.717) is 6.29 Å². The van der Waals surface area contributed by atoms with E-state index in [4.69, 9.17) is 0 Å². The molecule has 1 fully saturated rings. The first-order chi connectivity index (χ1) is 7.24. The standard InChI is InChI=1S/C12H11FO2/c13-11(12(15)8-5-6-8)10-4-2-1-3-9(10)7-14/h1-4,7-8,11H,5-6H2. The van der Waals surface area contributed by atoms with Gasteiger partial charge in [-0.2, -0.15) is 0 Å². The van der Waals surface area contributed by atoms with E-state index in [1.807, 2.05) is 0 Å². The van der Waals surface area contributed by atoms with Crippen molar-refractivity contribution in [1.29, 1.82) is 0 Å². The Morgan fingerprint density at radius 1 is 1.40 bits per heavy atom. The molecule has 3 heteroatoms. The van der Waals surface area contributed by atoms with Crippen LogP contribution in [0.4, 0.5) is 4.39 Å². The smallest absolute Gasteiger partial charge is 0.184 e. The molecule has 0 bridgehead atoms. The largest absolute Gasteiger partial charge is 0.298 e. The average molecular weight is 206 g/mol. The van der Waals surface area contributed by atoms with Crippen molar-refractivity contribution >= 4 is 12.1 Å². The van der Waals surface area contributed by atoms with Gasteiger partial charge in [-0.1, -0.05) is 24.3 Å². The van der Waals surface area contributed by atoms with Crippen LogP contribution in [-0.2, 0) is 4.79 Å². The van der Waals surface area contributed by atoms with Crippen molar-refractivity contribution in [2.75, 3.05) is 0 Å². The molecule has 0 aliphatic heterocycles. The van der Waals surface area contributed by atoms with Gasteiger partial charge in [0.25, 0.3) is 0 Å². The third-order valence-electron chi connectivity index (χ3n) is 2.63. The molecule has 1 unspecified atom stereocenters. The van der Waals surface area contributed by atoms with Crippen LogP contribution in [0.2, 0.25) is 0 Å². The number of hydrogen-bond donors (Lipinski definition) is 0. The highest BCUT2D eigenvalue weighted by Gasteiger charge is 2.36. The van der Waals surface area contributed by atoms with Gasteiger partial charge in [-0.05, 0) is 12.8 Å². The van der Waals surface area contributed by atoms with Crippen LogP contribution < -0.4 is 0 Å². The molecule has 0 radical (unpaired) electrons. The van der Waals surface area contributed by atoms with Crippen LogP contribution in [0.15, 0.2) is 24.3 Å². The predicted octanol–water partition coefficient (Wildman–Crippen LogP) is 2.49. The summed E-state index contributed by atoms with van der Waals surface area (Å²) in [6, 6.07) is 6.31. The van der Waals surface area contributed by atoms with Gasteiger partial charge in [0, 0.05) is 17.0 Å². The fourth-order valence-corrected chi connectivity index (χ4v) is 1.58. The molecule has 0 saturated heterocycles. The van der Waals surface area contributed by atoms with E-state index in [9.17, 15) is 14.0 Å². The van der Waals surface area contributed by atoms with E-state index < -0.39 is 6.17 Å². The number of benzene rings is 1. The topological polar surface area (TPSA) is 34.1 Å². The highest BCUT2D eigenvalue weighted by Crippen LogP contribution is 2.36. The molecule has 1 aliphatic rings. The number of ketones is 1. The van der Waals surface area contributed by atoms with Gasteiger partial charge >= 0.3 is 0 Å². The van der Waals surface area contributed by atoms with E-state index in [-0.39, 0.29) is 22.8 Å². The van der Waals surface area contributed by atoms with Gasteiger partial charge in [0.15, 0.2) is 12.0 Å². The van der Waals surface area contributed by atoms with Crippen molar-refractivity contribution in [2.24, 2.45) is 5.92 Å². The Bertz CT molecular complexity index is 396. The zero-order valence-electron chi connectivity index (χ0n) is 8.15. The molecule has 1 aliphatic carbocycles. The van der Waals surface area contributed by atoms with Crippen molar-refractivity contribution in [3.05, 3.63) is 35.4 Å². The van der Waals surface area contributed by atoms with E-state index in [1.165, 1.54) is 12.1 Å². The van der Waals surface area contributed by atoms with Crippen LogP contribution in [0, 0.1) is 5.92 Å². The molecule has 2 nitrogen and oxygen atoms in total. The van der Waals surface area contributed by atoms with Crippen molar-refractivity contribution < 1.29 is 14.0 Å². The monoisotopic (exact) mass is 206 g/mol. The zero-order chi connectivity index (χ0) is 10.8. The average Bonchev–Trinajstić information content (AvgIpc) is 3.11. The van der Waals surface area contributed by atoms with Crippen molar-refractivity contribution in [2.45, 2.75) is 19.0 Å². The van der Waals surface area contributed by atoms with Crippen LogP contribution >= 0.6 is 0 Å². The summed E-state index contributed by atoms with van der Waals surface area (Å²) in [5.74, 6) is -0.510.